The van der Waals surface area contributed by atoms with Crippen LogP contribution in [0.4, 0.5) is 0 Å². The molecule has 0 N–H and O–H groups in total. The second-order valence-electron chi connectivity index (χ2n) is 6.49. The SMILES string of the molecule is Cc1ccc(C(=O)N2CCn3c(CC(C)C)nnc3C2)c(Br)c1. The van der Waals surface area contributed by atoms with Crippen LogP contribution in [0.2, 0.25) is 0 Å². The van der Waals surface area contributed by atoms with Crippen LogP contribution in [0.25, 0.3) is 0 Å². The first-order valence-electron chi connectivity index (χ1n) is 7.92. The molecule has 0 atom stereocenters. The molecule has 1 aromatic heterocycles. The summed E-state index contributed by atoms with van der Waals surface area (Å²) >= 11 is 3.50. The van der Waals surface area contributed by atoms with Gasteiger partial charge in [0.25, 0.3) is 5.91 Å². The van der Waals surface area contributed by atoms with E-state index < -0.39 is 0 Å². The minimum absolute atomic E-state index is 0.0385. The summed E-state index contributed by atoms with van der Waals surface area (Å²) in [5.74, 6) is 2.49. The number of carbonyl (C=O) groups is 1. The van der Waals surface area contributed by atoms with Crippen LogP contribution in [0.15, 0.2) is 22.7 Å². The lowest BCUT2D eigenvalue weighted by Gasteiger charge is -2.28. The molecule has 1 amide bonds. The van der Waals surface area contributed by atoms with Crippen LogP contribution < -0.4 is 0 Å². The number of rotatable bonds is 3. The minimum Gasteiger partial charge on any atom is -0.329 e. The highest BCUT2D eigenvalue weighted by atomic mass is 79.9. The van der Waals surface area contributed by atoms with Crippen molar-refractivity contribution in [2.45, 2.75) is 40.3 Å². The minimum atomic E-state index is 0.0385. The molecule has 23 heavy (non-hydrogen) atoms. The van der Waals surface area contributed by atoms with Crippen molar-refractivity contribution < 1.29 is 4.79 Å². The molecule has 0 saturated heterocycles. The van der Waals surface area contributed by atoms with Crippen molar-refractivity contribution in [2.75, 3.05) is 6.54 Å². The normalized spacial score (nSPS) is 14.2. The lowest BCUT2D eigenvalue weighted by atomic mass is 10.1. The van der Waals surface area contributed by atoms with Crippen LogP contribution in [-0.4, -0.2) is 32.1 Å². The highest BCUT2D eigenvalue weighted by Crippen LogP contribution is 2.22. The van der Waals surface area contributed by atoms with E-state index in [2.05, 4.69) is 44.5 Å². The Morgan fingerprint density at radius 2 is 2.09 bits per heavy atom. The standard InChI is InChI=1S/C17H21BrN4O/c1-11(2)8-15-19-20-16-10-21(6-7-22(15)16)17(23)13-5-4-12(3)9-14(13)18/h4-5,9,11H,6-8,10H2,1-3H3. The molecule has 2 aromatic rings. The fourth-order valence-electron chi connectivity index (χ4n) is 2.87. The maximum atomic E-state index is 12.8. The molecule has 1 aliphatic heterocycles. The van der Waals surface area contributed by atoms with Crippen LogP contribution >= 0.6 is 15.9 Å². The van der Waals surface area contributed by atoms with Crippen LogP contribution in [0.3, 0.4) is 0 Å². The maximum Gasteiger partial charge on any atom is 0.255 e. The van der Waals surface area contributed by atoms with Gasteiger partial charge in [0.05, 0.1) is 12.1 Å². The molecule has 0 bridgehead atoms. The Balaban J connectivity index is 1.79. The number of amides is 1. The Labute approximate surface area is 144 Å². The van der Waals surface area contributed by atoms with E-state index in [1.54, 1.807) is 0 Å². The van der Waals surface area contributed by atoms with Crippen LogP contribution in [0.1, 0.15) is 41.4 Å². The van der Waals surface area contributed by atoms with E-state index in [4.69, 9.17) is 0 Å². The lowest BCUT2D eigenvalue weighted by Crippen LogP contribution is -2.39. The Bertz CT molecular complexity index is 738. The molecule has 0 aliphatic carbocycles. The molecular formula is C17H21BrN4O. The molecule has 1 aromatic carbocycles. The van der Waals surface area contributed by atoms with Gasteiger partial charge in [-0.2, -0.15) is 0 Å². The van der Waals surface area contributed by atoms with Crippen LogP contribution in [-0.2, 0) is 19.5 Å². The molecule has 5 nitrogen and oxygen atoms in total. The van der Waals surface area contributed by atoms with Gasteiger partial charge in [0.15, 0.2) is 5.82 Å². The van der Waals surface area contributed by atoms with E-state index in [1.165, 1.54) is 0 Å². The summed E-state index contributed by atoms with van der Waals surface area (Å²) in [7, 11) is 0. The number of aromatic nitrogens is 3. The van der Waals surface area contributed by atoms with E-state index in [-0.39, 0.29) is 5.91 Å². The molecule has 0 fully saturated rings. The third-order valence-electron chi connectivity index (χ3n) is 4.06. The van der Waals surface area contributed by atoms with Crippen molar-refractivity contribution in [3.63, 3.8) is 0 Å². The van der Waals surface area contributed by atoms with Crippen LogP contribution in [0, 0.1) is 12.8 Å². The summed E-state index contributed by atoms with van der Waals surface area (Å²) < 4.78 is 3.00. The number of aryl methyl sites for hydroxylation is 1. The summed E-state index contributed by atoms with van der Waals surface area (Å²) in [5, 5.41) is 8.58. The Hall–Kier alpha value is -1.69. The summed E-state index contributed by atoms with van der Waals surface area (Å²) in [6.07, 6.45) is 0.921. The maximum absolute atomic E-state index is 12.8. The first kappa shape index (κ1) is 16.2. The van der Waals surface area contributed by atoms with Crippen molar-refractivity contribution in [1.82, 2.24) is 19.7 Å². The highest BCUT2D eigenvalue weighted by molar-refractivity contribution is 9.10. The van der Waals surface area contributed by atoms with Crippen molar-refractivity contribution in [3.8, 4) is 0 Å². The van der Waals surface area contributed by atoms with Crippen molar-refractivity contribution in [1.29, 1.82) is 0 Å². The van der Waals surface area contributed by atoms with Crippen molar-refractivity contribution >= 4 is 21.8 Å². The topological polar surface area (TPSA) is 51.0 Å². The van der Waals surface area contributed by atoms with Gasteiger partial charge in [0, 0.05) is 24.0 Å². The second kappa shape index (κ2) is 6.43. The number of hydrogen-bond acceptors (Lipinski definition) is 3. The molecule has 1 aliphatic rings. The summed E-state index contributed by atoms with van der Waals surface area (Å²) in [4.78, 5) is 14.6. The average molecular weight is 377 g/mol. The zero-order valence-corrected chi connectivity index (χ0v) is 15.3. The van der Waals surface area contributed by atoms with Gasteiger partial charge < -0.3 is 9.47 Å². The molecule has 122 valence electrons. The molecule has 0 unspecified atom stereocenters. The van der Waals surface area contributed by atoms with E-state index >= 15 is 0 Å². The first-order valence-corrected chi connectivity index (χ1v) is 8.71. The van der Waals surface area contributed by atoms with E-state index in [9.17, 15) is 4.79 Å². The van der Waals surface area contributed by atoms with Gasteiger partial charge in [-0.05, 0) is 46.5 Å². The van der Waals surface area contributed by atoms with Crippen molar-refractivity contribution in [2.24, 2.45) is 5.92 Å². The molecule has 2 heterocycles. The first-order chi connectivity index (χ1) is 11.0. The number of nitrogens with zero attached hydrogens (tertiary/aromatic N) is 4. The van der Waals surface area contributed by atoms with E-state index in [0.717, 1.165) is 34.7 Å². The average Bonchev–Trinajstić information content (AvgIpc) is 2.88. The van der Waals surface area contributed by atoms with Gasteiger partial charge in [0.1, 0.15) is 5.82 Å². The van der Waals surface area contributed by atoms with E-state index in [1.807, 2.05) is 30.0 Å². The predicted molar refractivity (Wildman–Crippen MR) is 92.2 cm³/mol. The number of benzene rings is 1. The third-order valence-corrected chi connectivity index (χ3v) is 4.72. The smallest absolute Gasteiger partial charge is 0.255 e. The van der Waals surface area contributed by atoms with Gasteiger partial charge in [0.2, 0.25) is 0 Å². The molecule has 0 spiro atoms. The van der Waals surface area contributed by atoms with E-state index in [0.29, 0.717) is 24.6 Å². The number of fused-ring (bicyclic) bond motifs is 1. The van der Waals surface area contributed by atoms with Gasteiger partial charge >= 0.3 is 0 Å². The van der Waals surface area contributed by atoms with Gasteiger partial charge in [-0.1, -0.05) is 19.9 Å². The summed E-state index contributed by atoms with van der Waals surface area (Å²) in [6.45, 7) is 8.34. The Kier molecular flexibility index (Phi) is 4.53. The zero-order valence-electron chi connectivity index (χ0n) is 13.7. The second-order valence-corrected chi connectivity index (χ2v) is 7.35. The lowest BCUT2D eigenvalue weighted by molar-refractivity contribution is 0.0705. The number of carbonyl (C=O) groups excluding carboxylic acids is 1. The third kappa shape index (κ3) is 3.32. The molecular weight excluding hydrogens is 356 g/mol. The Morgan fingerprint density at radius 3 is 2.78 bits per heavy atom. The predicted octanol–water partition coefficient (Wildman–Crippen LogP) is 3.20. The molecule has 3 rings (SSSR count). The number of hydrogen-bond donors (Lipinski definition) is 0. The summed E-state index contributed by atoms with van der Waals surface area (Å²) in [6, 6.07) is 5.82. The monoisotopic (exact) mass is 376 g/mol. The molecule has 0 radical (unpaired) electrons. The van der Waals surface area contributed by atoms with Crippen molar-refractivity contribution in [3.05, 3.63) is 45.4 Å². The Morgan fingerprint density at radius 1 is 1.30 bits per heavy atom. The molecule has 6 heteroatoms. The number of halogens is 1. The van der Waals surface area contributed by atoms with Gasteiger partial charge in [-0.3, -0.25) is 4.79 Å². The highest BCUT2D eigenvalue weighted by Gasteiger charge is 2.26. The fourth-order valence-corrected chi connectivity index (χ4v) is 3.53. The molecule has 0 saturated carbocycles. The quantitative estimate of drug-likeness (QED) is 0.826. The summed E-state index contributed by atoms with van der Waals surface area (Å²) in [5.41, 5.74) is 1.83. The van der Waals surface area contributed by atoms with Gasteiger partial charge in [-0.15, -0.1) is 10.2 Å². The fraction of sp³-hybridized carbons (Fsp3) is 0.471. The van der Waals surface area contributed by atoms with Crippen LogP contribution in [0.5, 0.6) is 0 Å². The zero-order chi connectivity index (χ0) is 16.6. The largest absolute Gasteiger partial charge is 0.329 e. The van der Waals surface area contributed by atoms with Gasteiger partial charge in [-0.25, -0.2) is 0 Å².